The third kappa shape index (κ3) is 4.95. The first-order chi connectivity index (χ1) is 10.2. The predicted octanol–water partition coefficient (Wildman–Crippen LogP) is 3.33. The Hall–Kier alpha value is -1.14. The van der Waals surface area contributed by atoms with Crippen LogP contribution in [0.15, 0.2) is 6.20 Å². The van der Waals surface area contributed by atoms with E-state index in [0.29, 0.717) is 6.04 Å². The van der Waals surface area contributed by atoms with Crippen LogP contribution < -0.4 is 5.32 Å². The second-order valence-corrected chi connectivity index (χ2v) is 8.29. The number of ether oxygens (including phenoxy) is 1. The molecule has 0 radical (unpaired) electrons. The zero-order chi connectivity index (χ0) is 16.3. The van der Waals surface area contributed by atoms with Gasteiger partial charge in [0.25, 0.3) is 0 Å². The molecule has 124 valence electrons. The topological polar surface area (TPSA) is 54.5 Å². The molecule has 1 aliphatic rings. The number of carbonyl (C=O) groups is 1. The molecule has 1 fully saturated rings. The van der Waals surface area contributed by atoms with Gasteiger partial charge in [-0.1, -0.05) is 0 Å². The van der Waals surface area contributed by atoms with Crippen LogP contribution in [0.3, 0.4) is 0 Å². The standard InChI is InChI=1S/C16H27N3O2S/c1-11-8-13(18-10-14-9-17-12(2)22-14)6-7-19(11)15(20)21-16(3,4)5/h9,11,13,18H,6-8,10H2,1-5H3. The first-order valence-corrected chi connectivity index (χ1v) is 8.70. The molecule has 1 aromatic heterocycles. The van der Waals surface area contributed by atoms with E-state index in [9.17, 15) is 4.79 Å². The smallest absolute Gasteiger partial charge is 0.410 e. The number of nitrogens with one attached hydrogen (secondary N) is 1. The number of aryl methyl sites for hydroxylation is 1. The number of hydrogen-bond acceptors (Lipinski definition) is 5. The molecule has 0 aromatic carbocycles. The highest BCUT2D eigenvalue weighted by atomic mass is 32.1. The van der Waals surface area contributed by atoms with Crippen molar-refractivity contribution in [1.29, 1.82) is 0 Å². The van der Waals surface area contributed by atoms with Gasteiger partial charge in [-0.15, -0.1) is 11.3 Å². The summed E-state index contributed by atoms with van der Waals surface area (Å²) in [5, 5.41) is 4.68. The lowest BCUT2D eigenvalue weighted by molar-refractivity contribution is 0.00933. The van der Waals surface area contributed by atoms with Crippen LogP contribution in [0.4, 0.5) is 4.79 Å². The van der Waals surface area contributed by atoms with Gasteiger partial charge in [-0.3, -0.25) is 0 Å². The molecule has 5 nitrogen and oxygen atoms in total. The van der Waals surface area contributed by atoms with Crippen molar-refractivity contribution in [2.75, 3.05) is 6.54 Å². The van der Waals surface area contributed by atoms with E-state index >= 15 is 0 Å². The summed E-state index contributed by atoms with van der Waals surface area (Å²) >= 11 is 1.73. The van der Waals surface area contributed by atoms with Crippen LogP contribution in [0.2, 0.25) is 0 Å². The van der Waals surface area contributed by atoms with Crippen LogP contribution in [-0.2, 0) is 11.3 Å². The largest absolute Gasteiger partial charge is 0.444 e. The third-order valence-electron chi connectivity index (χ3n) is 3.74. The van der Waals surface area contributed by atoms with Crippen molar-refractivity contribution in [2.24, 2.45) is 0 Å². The highest BCUT2D eigenvalue weighted by Crippen LogP contribution is 2.21. The van der Waals surface area contributed by atoms with Gasteiger partial charge in [0.2, 0.25) is 0 Å². The number of piperidine rings is 1. The normalized spacial score (nSPS) is 22.7. The van der Waals surface area contributed by atoms with E-state index in [1.165, 1.54) is 4.88 Å². The molecule has 1 amide bonds. The number of hydrogen-bond donors (Lipinski definition) is 1. The summed E-state index contributed by atoms with van der Waals surface area (Å²) in [6.07, 6.45) is 3.65. The molecule has 0 aliphatic carbocycles. The Balaban J connectivity index is 1.80. The molecule has 0 spiro atoms. The number of nitrogens with zero attached hydrogens (tertiary/aromatic N) is 2. The molecular formula is C16H27N3O2S. The first-order valence-electron chi connectivity index (χ1n) is 7.89. The zero-order valence-corrected chi connectivity index (χ0v) is 15.0. The first kappa shape index (κ1) is 17.2. The second kappa shape index (κ2) is 6.96. The van der Waals surface area contributed by atoms with E-state index in [0.717, 1.165) is 30.9 Å². The van der Waals surface area contributed by atoms with E-state index < -0.39 is 5.60 Å². The molecule has 22 heavy (non-hydrogen) atoms. The molecule has 2 unspecified atom stereocenters. The van der Waals surface area contributed by atoms with E-state index in [1.807, 2.05) is 38.8 Å². The Labute approximate surface area is 137 Å². The molecule has 6 heteroatoms. The lowest BCUT2D eigenvalue weighted by Gasteiger charge is -2.38. The Bertz CT molecular complexity index is 510. The van der Waals surface area contributed by atoms with Gasteiger partial charge in [0.1, 0.15) is 5.60 Å². The van der Waals surface area contributed by atoms with Crippen molar-refractivity contribution in [3.63, 3.8) is 0 Å². The molecule has 2 atom stereocenters. The van der Waals surface area contributed by atoms with Gasteiger partial charge < -0.3 is 15.0 Å². The van der Waals surface area contributed by atoms with Crippen molar-refractivity contribution in [2.45, 2.75) is 71.7 Å². The predicted molar refractivity (Wildman–Crippen MR) is 89.1 cm³/mol. The summed E-state index contributed by atoms with van der Waals surface area (Å²) in [6, 6.07) is 0.639. The zero-order valence-electron chi connectivity index (χ0n) is 14.2. The molecule has 1 saturated heterocycles. The highest BCUT2D eigenvalue weighted by Gasteiger charge is 2.31. The Morgan fingerprint density at radius 1 is 1.55 bits per heavy atom. The van der Waals surface area contributed by atoms with Crippen molar-refractivity contribution in [3.8, 4) is 0 Å². The number of thiazole rings is 1. The van der Waals surface area contributed by atoms with Crippen LogP contribution in [-0.4, -0.2) is 40.2 Å². The minimum Gasteiger partial charge on any atom is -0.444 e. The summed E-state index contributed by atoms with van der Waals surface area (Å²) < 4.78 is 5.47. The maximum atomic E-state index is 12.2. The summed E-state index contributed by atoms with van der Waals surface area (Å²) in [7, 11) is 0. The van der Waals surface area contributed by atoms with E-state index in [2.05, 4.69) is 17.2 Å². The number of rotatable bonds is 3. The molecule has 0 bridgehead atoms. The fraction of sp³-hybridized carbons (Fsp3) is 0.750. The summed E-state index contributed by atoms with van der Waals surface area (Å²) in [4.78, 5) is 19.6. The Kier molecular flexibility index (Phi) is 5.45. The van der Waals surface area contributed by atoms with Gasteiger partial charge in [-0.25, -0.2) is 9.78 Å². The van der Waals surface area contributed by atoms with Gasteiger partial charge in [0, 0.05) is 36.2 Å². The minimum absolute atomic E-state index is 0.198. The lowest BCUT2D eigenvalue weighted by Crippen LogP contribution is -2.50. The number of amides is 1. The number of aromatic nitrogens is 1. The van der Waals surface area contributed by atoms with Crippen molar-refractivity contribution < 1.29 is 9.53 Å². The second-order valence-electron chi connectivity index (χ2n) is 6.97. The van der Waals surface area contributed by atoms with Crippen LogP contribution >= 0.6 is 11.3 Å². The SMILES string of the molecule is Cc1ncc(CNC2CCN(C(=O)OC(C)(C)C)C(C)C2)s1. The van der Waals surface area contributed by atoms with Gasteiger partial charge >= 0.3 is 6.09 Å². The van der Waals surface area contributed by atoms with Crippen LogP contribution in [0, 0.1) is 6.92 Å². The molecule has 1 N–H and O–H groups in total. The third-order valence-corrected chi connectivity index (χ3v) is 4.65. The van der Waals surface area contributed by atoms with Crippen molar-refractivity contribution >= 4 is 17.4 Å². The van der Waals surface area contributed by atoms with Gasteiger partial charge in [0.05, 0.1) is 5.01 Å². The summed E-state index contributed by atoms with van der Waals surface area (Å²) in [6.45, 7) is 11.4. The minimum atomic E-state index is -0.435. The number of carbonyl (C=O) groups excluding carboxylic acids is 1. The van der Waals surface area contributed by atoms with Crippen LogP contribution in [0.5, 0.6) is 0 Å². The molecule has 0 saturated carbocycles. The molecule has 2 rings (SSSR count). The highest BCUT2D eigenvalue weighted by molar-refractivity contribution is 7.11. The van der Waals surface area contributed by atoms with Crippen LogP contribution in [0.1, 0.15) is 50.4 Å². The lowest BCUT2D eigenvalue weighted by atomic mass is 9.98. The molecule has 2 heterocycles. The average molecular weight is 325 g/mol. The maximum absolute atomic E-state index is 12.2. The maximum Gasteiger partial charge on any atom is 0.410 e. The van der Waals surface area contributed by atoms with Gasteiger partial charge in [-0.05, 0) is 47.5 Å². The van der Waals surface area contributed by atoms with E-state index in [-0.39, 0.29) is 12.1 Å². The van der Waals surface area contributed by atoms with Crippen molar-refractivity contribution in [3.05, 3.63) is 16.1 Å². The monoisotopic (exact) mass is 325 g/mol. The van der Waals surface area contributed by atoms with Crippen molar-refractivity contribution in [1.82, 2.24) is 15.2 Å². The fourth-order valence-corrected chi connectivity index (χ4v) is 3.43. The number of likely N-dealkylation sites (tertiary alicyclic amines) is 1. The average Bonchev–Trinajstić information content (AvgIpc) is 2.80. The van der Waals surface area contributed by atoms with Gasteiger partial charge in [-0.2, -0.15) is 0 Å². The van der Waals surface area contributed by atoms with Gasteiger partial charge in [0.15, 0.2) is 0 Å². The summed E-state index contributed by atoms with van der Waals surface area (Å²) in [5.41, 5.74) is -0.435. The van der Waals surface area contributed by atoms with E-state index in [4.69, 9.17) is 4.74 Å². The Morgan fingerprint density at radius 3 is 2.82 bits per heavy atom. The molecular weight excluding hydrogens is 298 g/mol. The fourth-order valence-electron chi connectivity index (χ4n) is 2.68. The molecule has 1 aromatic rings. The Morgan fingerprint density at radius 2 is 2.27 bits per heavy atom. The summed E-state index contributed by atoms with van der Waals surface area (Å²) in [5.74, 6) is 0. The van der Waals surface area contributed by atoms with Crippen LogP contribution in [0.25, 0.3) is 0 Å². The van der Waals surface area contributed by atoms with E-state index in [1.54, 1.807) is 11.3 Å². The molecule has 1 aliphatic heterocycles. The quantitative estimate of drug-likeness (QED) is 0.926.